The summed E-state index contributed by atoms with van der Waals surface area (Å²) in [5, 5.41) is 23.8. The van der Waals surface area contributed by atoms with Gasteiger partial charge in [0.05, 0.1) is 25.2 Å². The summed E-state index contributed by atoms with van der Waals surface area (Å²) in [4.78, 5) is 26.1. The number of carbonyl (C=O) groups excluding carboxylic acids is 2. The van der Waals surface area contributed by atoms with Gasteiger partial charge in [0.15, 0.2) is 0 Å². The number of nitrogens with one attached hydrogen (secondary N) is 1. The number of amides is 1. The highest BCUT2D eigenvalue weighted by molar-refractivity contribution is 5.77. The van der Waals surface area contributed by atoms with Crippen LogP contribution in [0.1, 0.15) is 278 Å². The molecule has 6 nitrogen and oxygen atoms in total. The zero-order valence-corrected chi connectivity index (χ0v) is 42.0. The van der Waals surface area contributed by atoms with E-state index in [1.165, 1.54) is 161 Å². The van der Waals surface area contributed by atoms with E-state index in [-0.39, 0.29) is 24.9 Å². The Kier molecular flexibility index (Phi) is 49.1. The Morgan fingerprint density at radius 3 is 1.25 bits per heavy atom. The molecule has 0 aromatic heterocycles. The Morgan fingerprint density at radius 1 is 0.460 bits per heavy atom. The number of ether oxygens (including phenoxy) is 1. The van der Waals surface area contributed by atoms with Crippen molar-refractivity contribution in [3.63, 3.8) is 0 Å². The first kappa shape index (κ1) is 60.8. The average molecular weight is 884 g/mol. The van der Waals surface area contributed by atoms with Crippen LogP contribution in [0.15, 0.2) is 48.6 Å². The number of hydrogen-bond donors (Lipinski definition) is 3. The number of esters is 1. The standard InChI is InChI=1S/C57H105NO5/c1-4-7-10-13-16-19-22-24-26-28-29-31-34-36-39-42-45-48-53(63-57(62)50-47-44-41-38-33-21-18-15-12-9-6-3)51-56(61)58-54(52-59)55(60)49-46-43-40-37-35-32-30-27-25-23-20-17-14-11-8-5-2/h16,19,24,26,29,31,36,39,53-55,59-60H,4-15,17-18,20-23,25,27-28,30,32-35,37-38,40-52H2,1-3H3,(H,58,61)/b19-16-,26-24-,31-29-,39-36-. The minimum atomic E-state index is -0.801. The summed E-state index contributed by atoms with van der Waals surface area (Å²) in [5.41, 5.74) is 0. The van der Waals surface area contributed by atoms with Gasteiger partial charge >= 0.3 is 5.97 Å². The average Bonchev–Trinajstić information content (AvgIpc) is 3.28. The van der Waals surface area contributed by atoms with Gasteiger partial charge in [0.1, 0.15) is 6.10 Å². The molecule has 1 amide bonds. The zero-order chi connectivity index (χ0) is 45.9. The molecule has 0 spiro atoms. The summed E-state index contributed by atoms with van der Waals surface area (Å²) in [6.07, 6.45) is 61.7. The minimum Gasteiger partial charge on any atom is -0.462 e. The Bertz CT molecular complexity index is 1080. The minimum absolute atomic E-state index is 0.0425. The largest absolute Gasteiger partial charge is 0.462 e. The van der Waals surface area contributed by atoms with Crippen molar-refractivity contribution in [2.75, 3.05) is 6.61 Å². The lowest BCUT2D eigenvalue weighted by atomic mass is 10.0. The first-order chi connectivity index (χ1) is 31.0. The van der Waals surface area contributed by atoms with Crippen molar-refractivity contribution in [3.05, 3.63) is 48.6 Å². The molecule has 3 unspecified atom stereocenters. The quantitative estimate of drug-likeness (QED) is 0.0321. The molecule has 0 fully saturated rings. The van der Waals surface area contributed by atoms with E-state index < -0.39 is 18.2 Å². The highest BCUT2D eigenvalue weighted by atomic mass is 16.5. The maximum atomic E-state index is 13.2. The fraction of sp³-hybridized carbons (Fsp3) is 0.825. The number of allylic oxidation sites excluding steroid dienone is 8. The molecular weight excluding hydrogens is 779 g/mol. The molecule has 0 aromatic carbocycles. The maximum Gasteiger partial charge on any atom is 0.306 e. The second kappa shape index (κ2) is 50.8. The monoisotopic (exact) mass is 884 g/mol. The Hall–Kier alpha value is -2.18. The molecule has 0 heterocycles. The lowest BCUT2D eigenvalue weighted by Gasteiger charge is -2.24. The fourth-order valence-corrected chi connectivity index (χ4v) is 8.24. The van der Waals surface area contributed by atoms with E-state index >= 15 is 0 Å². The second-order valence-electron chi connectivity index (χ2n) is 18.6. The van der Waals surface area contributed by atoms with E-state index in [0.29, 0.717) is 19.3 Å². The van der Waals surface area contributed by atoms with Crippen molar-refractivity contribution in [1.29, 1.82) is 0 Å². The molecular formula is C57H105NO5. The number of unbranched alkanes of at least 4 members (excludes halogenated alkanes) is 29. The van der Waals surface area contributed by atoms with Crippen LogP contribution in [0.3, 0.4) is 0 Å². The van der Waals surface area contributed by atoms with Crippen molar-refractivity contribution >= 4 is 11.9 Å². The van der Waals surface area contributed by atoms with Crippen LogP contribution in [0.4, 0.5) is 0 Å². The molecule has 0 aliphatic heterocycles. The van der Waals surface area contributed by atoms with Crippen molar-refractivity contribution in [1.82, 2.24) is 5.32 Å². The summed E-state index contributed by atoms with van der Waals surface area (Å²) in [6, 6.07) is -0.717. The van der Waals surface area contributed by atoms with Crippen molar-refractivity contribution in [2.24, 2.45) is 0 Å². The molecule has 0 saturated heterocycles. The highest BCUT2D eigenvalue weighted by Crippen LogP contribution is 2.18. The van der Waals surface area contributed by atoms with Crippen LogP contribution in [0, 0.1) is 0 Å². The molecule has 368 valence electrons. The zero-order valence-electron chi connectivity index (χ0n) is 42.0. The Labute approximate surface area is 391 Å². The van der Waals surface area contributed by atoms with Crippen LogP contribution in [0.25, 0.3) is 0 Å². The third kappa shape index (κ3) is 46.2. The molecule has 3 atom stereocenters. The van der Waals surface area contributed by atoms with Gasteiger partial charge in [0, 0.05) is 6.42 Å². The molecule has 0 aliphatic carbocycles. The normalized spacial score (nSPS) is 13.5. The lowest BCUT2D eigenvalue weighted by molar-refractivity contribution is -0.151. The third-order valence-corrected chi connectivity index (χ3v) is 12.4. The van der Waals surface area contributed by atoms with Gasteiger partial charge in [-0.1, -0.05) is 249 Å². The van der Waals surface area contributed by atoms with Crippen LogP contribution in [-0.4, -0.2) is 46.9 Å². The molecule has 0 saturated carbocycles. The van der Waals surface area contributed by atoms with E-state index in [4.69, 9.17) is 4.74 Å². The highest BCUT2D eigenvalue weighted by Gasteiger charge is 2.24. The Balaban J connectivity index is 4.61. The van der Waals surface area contributed by atoms with Gasteiger partial charge in [-0.2, -0.15) is 0 Å². The van der Waals surface area contributed by atoms with Crippen LogP contribution < -0.4 is 5.32 Å². The van der Waals surface area contributed by atoms with Crippen LogP contribution in [0.5, 0.6) is 0 Å². The van der Waals surface area contributed by atoms with Gasteiger partial charge in [0.2, 0.25) is 5.91 Å². The van der Waals surface area contributed by atoms with Crippen LogP contribution >= 0.6 is 0 Å². The summed E-state index contributed by atoms with van der Waals surface area (Å²) < 4.78 is 5.91. The van der Waals surface area contributed by atoms with Crippen molar-refractivity contribution in [3.8, 4) is 0 Å². The maximum absolute atomic E-state index is 13.2. The Morgan fingerprint density at radius 2 is 0.825 bits per heavy atom. The van der Waals surface area contributed by atoms with E-state index in [1.807, 2.05) is 0 Å². The van der Waals surface area contributed by atoms with Gasteiger partial charge in [-0.15, -0.1) is 0 Å². The van der Waals surface area contributed by atoms with Gasteiger partial charge in [-0.05, 0) is 64.2 Å². The van der Waals surface area contributed by atoms with Crippen molar-refractivity contribution in [2.45, 2.75) is 296 Å². The molecule has 0 rings (SSSR count). The smallest absolute Gasteiger partial charge is 0.306 e. The van der Waals surface area contributed by atoms with Crippen molar-refractivity contribution < 1.29 is 24.5 Å². The number of aliphatic hydroxyl groups excluding tert-OH is 2. The van der Waals surface area contributed by atoms with E-state index in [1.54, 1.807) is 0 Å². The lowest BCUT2D eigenvalue weighted by Crippen LogP contribution is -2.46. The first-order valence-corrected chi connectivity index (χ1v) is 27.4. The summed E-state index contributed by atoms with van der Waals surface area (Å²) in [5.74, 6) is -0.519. The SMILES string of the molecule is CCCCC/C=C\C/C=C\C/C=C\C/C=C\CCCC(CC(=O)NC(CO)C(O)CCCCCCCCCCCCCCCCCC)OC(=O)CCCCCCCCCCCCC. The van der Waals surface area contributed by atoms with Gasteiger partial charge < -0.3 is 20.3 Å². The molecule has 0 radical (unpaired) electrons. The number of aliphatic hydroxyl groups is 2. The molecule has 0 bridgehead atoms. The van der Waals surface area contributed by atoms with Gasteiger partial charge in [-0.25, -0.2) is 0 Å². The third-order valence-electron chi connectivity index (χ3n) is 12.4. The molecule has 6 heteroatoms. The topological polar surface area (TPSA) is 95.9 Å². The molecule has 63 heavy (non-hydrogen) atoms. The van der Waals surface area contributed by atoms with Gasteiger partial charge in [0.25, 0.3) is 0 Å². The number of carbonyl (C=O) groups is 2. The fourth-order valence-electron chi connectivity index (χ4n) is 8.24. The van der Waals surface area contributed by atoms with E-state index in [0.717, 1.165) is 70.6 Å². The van der Waals surface area contributed by atoms with E-state index in [9.17, 15) is 19.8 Å². The number of rotatable bonds is 49. The van der Waals surface area contributed by atoms with Crippen LogP contribution in [-0.2, 0) is 14.3 Å². The summed E-state index contributed by atoms with van der Waals surface area (Å²) >= 11 is 0. The molecule has 0 aliphatic rings. The molecule has 0 aromatic rings. The van der Waals surface area contributed by atoms with E-state index in [2.05, 4.69) is 74.7 Å². The second-order valence-corrected chi connectivity index (χ2v) is 18.6. The summed E-state index contributed by atoms with van der Waals surface area (Å²) in [7, 11) is 0. The number of hydrogen-bond acceptors (Lipinski definition) is 5. The first-order valence-electron chi connectivity index (χ1n) is 27.4. The molecule has 3 N–H and O–H groups in total. The predicted molar refractivity (Wildman–Crippen MR) is 273 cm³/mol. The van der Waals surface area contributed by atoms with Crippen LogP contribution in [0.2, 0.25) is 0 Å². The predicted octanol–water partition coefficient (Wildman–Crippen LogP) is 16.6. The summed E-state index contributed by atoms with van der Waals surface area (Å²) in [6.45, 7) is 6.45. The van der Waals surface area contributed by atoms with Gasteiger partial charge in [-0.3, -0.25) is 9.59 Å².